The highest BCUT2D eigenvalue weighted by Crippen LogP contribution is 2.30. The van der Waals surface area contributed by atoms with E-state index < -0.39 is 29.3 Å². The van der Waals surface area contributed by atoms with Gasteiger partial charge in [0.2, 0.25) is 0 Å². The number of esters is 1. The molecule has 1 aromatic carbocycles. The second kappa shape index (κ2) is 5.23. The van der Waals surface area contributed by atoms with Gasteiger partial charge in [-0.3, -0.25) is 0 Å². The Morgan fingerprint density at radius 3 is 2.44 bits per heavy atom. The van der Waals surface area contributed by atoms with Gasteiger partial charge in [0.1, 0.15) is 11.4 Å². The smallest absolute Gasteiger partial charge is 0.342 e. The van der Waals surface area contributed by atoms with E-state index in [1.54, 1.807) is 13.8 Å². The van der Waals surface area contributed by atoms with Crippen LogP contribution in [0.2, 0.25) is 0 Å². The number of carbonyl (C=O) groups is 1. The van der Waals surface area contributed by atoms with Crippen molar-refractivity contribution in [3.05, 3.63) is 32.2 Å². The van der Waals surface area contributed by atoms with Crippen LogP contribution in [0.15, 0.2) is 15.0 Å². The SMILES string of the molecule is CC(C)OC(=O)c1c(F)c(Br)cc(F)c1Br. The van der Waals surface area contributed by atoms with Gasteiger partial charge in [0.25, 0.3) is 0 Å². The Kier molecular flexibility index (Phi) is 4.43. The van der Waals surface area contributed by atoms with Crippen molar-refractivity contribution in [1.82, 2.24) is 0 Å². The molecule has 0 saturated heterocycles. The normalized spacial score (nSPS) is 10.7. The number of hydrogen-bond donors (Lipinski definition) is 0. The second-order valence-electron chi connectivity index (χ2n) is 3.30. The monoisotopic (exact) mass is 356 g/mol. The van der Waals surface area contributed by atoms with E-state index in [-0.39, 0.29) is 8.95 Å². The summed E-state index contributed by atoms with van der Waals surface area (Å²) in [6.45, 7) is 3.25. The molecule has 0 atom stereocenters. The van der Waals surface area contributed by atoms with Crippen molar-refractivity contribution in [2.24, 2.45) is 0 Å². The number of ether oxygens (including phenoxy) is 1. The molecule has 1 rings (SSSR count). The minimum atomic E-state index is -0.903. The predicted molar refractivity (Wildman–Crippen MR) is 62.3 cm³/mol. The number of benzene rings is 1. The van der Waals surface area contributed by atoms with Crippen molar-refractivity contribution >= 4 is 37.8 Å². The summed E-state index contributed by atoms with van der Waals surface area (Å²) in [5, 5.41) is 0. The van der Waals surface area contributed by atoms with Gasteiger partial charge >= 0.3 is 5.97 Å². The molecule has 0 bridgehead atoms. The topological polar surface area (TPSA) is 26.3 Å². The summed E-state index contributed by atoms with van der Waals surface area (Å²) in [6.07, 6.45) is -0.402. The third kappa shape index (κ3) is 2.79. The zero-order chi connectivity index (χ0) is 12.5. The zero-order valence-corrected chi connectivity index (χ0v) is 11.7. The van der Waals surface area contributed by atoms with E-state index >= 15 is 0 Å². The minimum Gasteiger partial charge on any atom is -0.459 e. The average Bonchev–Trinajstić information content (AvgIpc) is 2.14. The Bertz CT molecular complexity index is 407. The number of hydrogen-bond acceptors (Lipinski definition) is 2. The van der Waals surface area contributed by atoms with Gasteiger partial charge in [0, 0.05) is 0 Å². The van der Waals surface area contributed by atoms with Crippen molar-refractivity contribution in [2.75, 3.05) is 0 Å². The standard InChI is InChI=1S/C10H8Br2F2O2/c1-4(2)16-10(15)7-8(12)6(13)3-5(11)9(7)14/h3-4H,1-2H3. The molecule has 16 heavy (non-hydrogen) atoms. The molecule has 1 aromatic rings. The number of carbonyl (C=O) groups excluding carboxylic acids is 1. The molecule has 88 valence electrons. The van der Waals surface area contributed by atoms with Gasteiger partial charge < -0.3 is 4.74 Å². The van der Waals surface area contributed by atoms with Crippen LogP contribution < -0.4 is 0 Å². The summed E-state index contributed by atoms with van der Waals surface area (Å²) in [5.41, 5.74) is -0.444. The summed E-state index contributed by atoms with van der Waals surface area (Å²) in [5.74, 6) is -2.48. The largest absolute Gasteiger partial charge is 0.459 e. The van der Waals surface area contributed by atoms with E-state index in [0.29, 0.717) is 0 Å². The first kappa shape index (κ1) is 13.6. The summed E-state index contributed by atoms with van der Waals surface area (Å²) >= 11 is 5.64. The van der Waals surface area contributed by atoms with E-state index in [0.717, 1.165) is 6.07 Å². The van der Waals surface area contributed by atoms with Gasteiger partial charge in [-0.1, -0.05) is 0 Å². The zero-order valence-electron chi connectivity index (χ0n) is 8.48. The van der Waals surface area contributed by atoms with Gasteiger partial charge in [0.15, 0.2) is 5.82 Å². The molecule has 0 N–H and O–H groups in total. The summed E-state index contributed by atoms with van der Waals surface area (Å²) in [6, 6.07) is 0.936. The van der Waals surface area contributed by atoms with E-state index in [2.05, 4.69) is 31.9 Å². The molecule has 0 fully saturated rings. The van der Waals surface area contributed by atoms with Crippen molar-refractivity contribution in [2.45, 2.75) is 20.0 Å². The van der Waals surface area contributed by atoms with Crippen LogP contribution in [0.4, 0.5) is 8.78 Å². The fourth-order valence-corrected chi connectivity index (χ4v) is 1.87. The maximum atomic E-state index is 13.6. The molecule has 0 aliphatic rings. The molecule has 0 heterocycles. The maximum Gasteiger partial charge on any atom is 0.342 e. The molecule has 0 amide bonds. The van der Waals surface area contributed by atoms with Crippen molar-refractivity contribution in [3.8, 4) is 0 Å². The van der Waals surface area contributed by atoms with E-state index in [4.69, 9.17) is 4.74 Å². The Labute approximate surface area is 108 Å². The molecule has 0 saturated carbocycles. The molecule has 0 radical (unpaired) electrons. The summed E-state index contributed by atoms with van der Waals surface area (Å²) in [7, 11) is 0. The molecule has 0 spiro atoms. The van der Waals surface area contributed by atoms with Crippen LogP contribution in [0.1, 0.15) is 24.2 Å². The van der Waals surface area contributed by atoms with E-state index in [1.165, 1.54) is 0 Å². The average molecular weight is 358 g/mol. The van der Waals surface area contributed by atoms with Crippen molar-refractivity contribution in [3.63, 3.8) is 0 Å². The van der Waals surface area contributed by atoms with Crippen LogP contribution in [-0.2, 0) is 4.74 Å². The van der Waals surface area contributed by atoms with Crippen LogP contribution in [0.25, 0.3) is 0 Å². The van der Waals surface area contributed by atoms with Gasteiger partial charge in [-0.25, -0.2) is 13.6 Å². The first-order valence-electron chi connectivity index (χ1n) is 4.38. The first-order valence-corrected chi connectivity index (χ1v) is 5.97. The highest BCUT2D eigenvalue weighted by Gasteiger charge is 2.23. The first-order chi connectivity index (χ1) is 7.34. The number of rotatable bonds is 2. The molecule has 2 nitrogen and oxygen atoms in total. The van der Waals surface area contributed by atoms with Gasteiger partial charge in [0.05, 0.1) is 15.0 Å². The lowest BCUT2D eigenvalue weighted by Gasteiger charge is -2.11. The Morgan fingerprint density at radius 2 is 1.94 bits per heavy atom. The Morgan fingerprint density at radius 1 is 1.38 bits per heavy atom. The molecule has 0 aliphatic carbocycles. The highest BCUT2D eigenvalue weighted by atomic mass is 79.9. The number of halogens is 4. The Hall–Kier alpha value is -0.490. The van der Waals surface area contributed by atoms with Crippen molar-refractivity contribution in [1.29, 1.82) is 0 Å². The molecular weight excluding hydrogens is 350 g/mol. The fourth-order valence-electron chi connectivity index (χ4n) is 1.03. The van der Waals surface area contributed by atoms with Gasteiger partial charge in [-0.15, -0.1) is 0 Å². The minimum absolute atomic E-state index is 0.121. The quantitative estimate of drug-likeness (QED) is 0.589. The van der Waals surface area contributed by atoms with Crippen molar-refractivity contribution < 1.29 is 18.3 Å². The fraction of sp³-hybridized carbons (Fsp3) is 0.300. The van der Waals surface area contributed by atoms with Gasteiger partial charge in [-0.05, 0) is 51.8 Å². The van der Waals surface area contributed by atoms with E-state index in [1.807, 2.05) is 0 Å². The third-order valence-electron chi connectivity index (χ3n) is 1.66. The lowest BCUT2D eigenvalue weighted by molar-refractivity contribution is 0.0370. The lowest BCUT2D eigenvalue weighted by atomic mass is 10.2. The molecule has 0 aromatic heterocycles. The molecule has 6 heteroatoms. The van der Waals surface area contributed by atoms with Crippen LogP contribution >= 0.6 is 31.9 Å². The Balaban J connectivity index is 3.27. The summed E-state index contributed by atoms with van der Waals surface area (Å²) in [4.78, 5) is 11.5. The molecular formula is C10H8Br2F2O2. The molecule has 0 aliphatic heterocycles. The van der Waals surface area contributed by atoms with Crippen LogP contribution in [0.5, 0.6) is 0 Å². The van der Waals surface area contributed by atoms with E-state index in [9.17, 15) is 13.6 Å². The maximum absolute atomic E-state index is 13.6. The lowest BCUT2D eigenvalue weighted by Crippen LogP contribution is -2.14. The second-order valence-corrected chi connectivity index (χ2v) is 4.94. The molecule has 0 unspecified atom stereocenters. The van der Waals surface area contributed by atoms with Gasteiger partial charge in [-0.2, -0.15) is 0 Å². The van der Waals surface area contributed by atoms with Crippen LogP contribution in [-0.4, -0.2) is 12.1 Å². The third-order valence-corrected chi connectivity index (χ3v) is 3.01. The van der Waals surface area contributed by atoms with Crippen LogP contribution in [0, 0.1) is 11.6 Å². The van der Waals surface area contributed by atoms with Crippen LogP contribution in [0.3, 0.4) is 0 Å². The highest BCUT2D eigenvalue weighted by molar-refractivity contribution is 9.11. The summed E-state index contributed by atoms with van der Waals surface area (Å²) < 4.78 is 31.3. The predicted octanol–water partition coefficient (Wildman–Crippen LogP) is 4.06.